The number of ether oxygens (including phenoxy) is 2. The molecule has 0 bridgehead atoms. The van der Waals surface area contributed by atoms with Crippen molar-refractivity contribution in [2.24, 2.45) is 0 Å². The Balaban J connectivity index is 1.40. The van der Waals surface area contributed by atoms with Crippen molar-refractivity contribution in [1.82, 2.24) is 9.80 Å². The number of rotatable bonds is 11. The Kier molecular flexibility index (Phi) is 9.23. The molecule has 1 N–H and O–H groups in total. The van der Waals surface area contributed by atoms with E-state index in [0.717, 1.165) is 16.7 Å². The molecule has 1 unspecified atom stereocenters. The lowest BCUT2D eigenvalue weighted by atomic mass is 9.95. The van der Waals surface area contributed by atoms with Crippen LogP contribution in [0.25, 0.3) is 5.76 Å². The summed E-state index contributed by atoms with van der Waals surface area (Å²) in [4.78, 5) is 30.1. The lowest BCUT2D eigenvalue weighted by Crippen LogP contribution is -2.35. The molecule has 0 saturated carbocycles. The summed E-state index contributed by atoms with van der Waals surface area (Å²) < 4.78 is 11.9. The van der Waals surface area contributed by atoms with Crippen molar-refractivity contribution in [1.29, 1.82) is 0 Å². The van der Waals surface area contributed by atoms with Gasteiger partial charge in [0.25, 0.3) is 11.7 Å². The second-order valence-electron chi connectivity index (χ2n) is 10.9. The Labute approximate surface area is 252 Å². The number of carbonyl (C=O) groups is 2. The maximum Gasteiger partial charge on any atom is 0.295 e. The number of aliphatic hydroxyl groups is 1. The first-order valence-corrected chi connectivity index (χ1v) is 14.3. The van der Waals surface area contributed by atoms with E-state index in [1.165, 1.54) is 4.90 Å². The number of nitrogens with zero attached hydrogens (tertiary/aromatic N) is 2. The first kappa shape index (κ1) is 29.6. The molecule has 1 fully saturated rings. The van der Waals surface area contributed by atoms with Gasteiger partial charge < -0.3 is 24.4 Å². The molecule has 4 aromatic carbocycles. The number of likely N-dealkylation sites (tertiary alicyclic amines) is 1. The molecule has 4 aromatic rings. The molecule has 1 amide bonds. The first-order valence-electron chi connectivity index (χ1n) is 14.3. The van der Waals surface area contributed by atoms with Gasteiger partial charge in [-0.3, -0.25) is 9.59 Å². The first-order chi connectivity index (χ1) is 20.8. The molecule has 0 radical (unpaired) electrons. The predicted molar refractivity (Wildman–Crippen MR) is 167 cm³/mol. The largest absolute Gasteiger partial charge is 0.507 e. The summed E-state index contributed by atoms with van der Waals surface area (Å²) in [7, 11) is 3.82. The van der Waals surface area contributed by atoms with E-state index < -0.39 is 17.7 Å². The van der Waals surface area contributed by atoms with Crippen LogP contribution in [-0.2, 0) is 22.8 Å². The monoisotopic (exact) mass is 576 g/mol. The summed E-state index contributed by atoms with van der Waals surface area (Å²) in [5, 5.41) is 11.4. The number of Topliss-reactive ketones (excluding diaryl/α,β-unsaturated/α-hetero) is 1. The molecule has 1 heterocycles. The van der Waals surface area contributed by atoms with Gasteiger partial charge in [0, 0.05) is 18.7 Å². The molecule has 7 nitrogen and oxygen atoms in total. The minimum atomic E-state index is -0.736. The fraction of sp³-hybridized carbons (Fsp3) is 0.222. The van der Waals surface area contributed by atoms with Gasteiger partial charge in [0.15, 0.2) is 0 Å². The fourth-order valence-corrected chi connectivity index (χ4v) is 5.05. The smallest absolute Gasteiger partial charge is 0.295 e. The van der Waals surface area contributed by atoms with Gasteiger partial charge in [-0.1, -0.05) is 66.7 Å². The van der Waals surface area contributed by atoms with Crippen molar-refractivity contribution >= 4 is 17.4 Å². The van der Waals surface area contributed by atoms with Crippen LogP contribution < -0.4 is 9.47 Å². The zero-order valence-electron chi connectivity index (χ0n) is 24.7. The molecule has 1 atom stereocenters. The van der Waals surface area contributed by atoms with Gasteiger partial charge >= 0.3 is 0 Å². The minimum absolute atomic E-state index is 0.0651. The van der Waals surface area contributed by atoms with E-state index in [1.54, 1.807) is 24.3 Å². The maximum absolute atomic E-state index is 13.4. The van der Waals surface area contributed by atoms with E-state index in [-0.39, 0.29) is 11.3 Å². The van der Waals surface area contributed by atoms with Crippen molar-refractivity contribution in [3.05, 3.63) is 137 Å². The highest BCUT2D eigenvalue weighted by atomic mass is 16.5. The zero-order valence-corrected chi connectivity index (χ0v) is 24.7. The number of hydrogen-bond donors (Lipinski definition) is 1. The third-order valence-electron chi connectivity index (χ3n) is 7.56. The molecule has 0 aliphatic carbocycles. The minimum Gasteiger partial charge on any atom is -0.507 e. The normalized spacial score (nSPS) is 16.1. The van der Waals surface area contributed by atoms with Crippen LogP contribution in [0.4, 0.5) is 0 Å². The van der Waals surface area contributed by atoms with Gasteiger partial charge in [0.05, 0.1) is 11.6 Å². The summed E-state index contributed by atoms with van der Waals surface area (Å²) >= 11 is 0. The van der Waals surface area contributed by atoms with E-state index in [4.69, 9.17) is 9.47 Å². The van der Waals surface area contributed by atoms with E-state index in [0.29, 0.717) is 48.9 Å². The standard InChI is InChI=1S/C36H36N2O5/c1-25-9-7-8-12-29(25)24-43-31-19-15-28(16-20-31)34(39)32-33(38(22-21-37(2)3)36(41)35(32)40)27-13-17-30(18-14-27)42-23-26-10-5-4-6-11-26/h4-20,33,39H,21-24H2,1-3H3/b34-32+. The average molecular weight is 577 g/mol. The molecule has 7 heteroatoms. The highest BCUT2D eigenvalue weighted by Gasteiger charge is 2.45. The summed E-state index contributed by atoms with van der Waals surface area (Å²) in [6.45, 7) is 3.77. The quantitative estimate of drug-likeness (QED) is 0.131. The van der Waals surface area contributed by atoms with Crippen LogP contribution in [0.3, 0.4) is 0 Å². The zero-order chi connectivity index (χ0) is 30.3. The molecule has 5 rings (SSSR count). The number of benzene rings is 4. The SMILES string of the molecule is Cc1ccccc1COc1ccc(/C(O)=C2\C(=O)C(=O)N(CCN(C)C)C2c2ccc(OCc3ccccc3)cc2)cc1. The summed E-state index contributed by atoms with van der Waals surface area (Å²) in [6.07, 6.45) is 0. The lowest BCUT2D eigenvalue weighted by molar-refractivity contribution is -0.140. The van der Waals surface area contributed by atoms with Gasteiger partial charge in [-0.15, -0.1) is 0 Å². The molecular weight excluding hydrogens is 540 g/mol. The molecule has 0 spiro atoms. The van der Waals surface area contributed by atoms with E-state index in [2.05, 4.69) is 0 Å². The van der Waals surface area contributed by atoms with Gasteiger partial charge in [-0.05, 0) is 79.7 Å². The number of amides is 1. The Morgan fingerprint density at radius 1 is 0.791 bits per heavy atom. The Hall–Kier alpha value is -4.88. The van der Waals surface area contributed by atoms with E-state index in [9.17, 15) is 14.7 Å². The molecule has 1 saturated heterocycles. The van der Waals surface area contributed by atoms with Crippen LogP contribution >= 0.6 is 0 Å². The Bertz CT molecular complexity index is 1600. The predicted octanol–water partition coefficient (Wildman–Crippen LogP) is 6.14. The van der Waals surface area contributed by atoms with Crippen molar-refractivity contribution < 1.29 is 24.2 Å². The summed E-state index contributed by atoms with van der Waals surface area (Å²) in [5.41, 5.74) is 4.49. The molecule has 1 aliphatic rings. The van der Waals surface area contributed by atoms with Crippen LogP contribution in [0.5, 0.6) is 11.5 Å². The van der Waals surface area contributed by atoms with E-state index in [1.807, 2.05) is 105 Å². The highest BCUT2D eigenvalue weighted by molar-refractivity contribution is 6.46. The van der Waals surface area contributed by atoms with Crippen molar-refractivity contribution in [2.75, 3.05) is 27.2 Å². The number of ketones is 1. The van der Waals surface area contributed by atoms with Gasteiger partial charge in [0.1, 0.15) is 30.5 Å². The van der Waals surface area contributed by atoms with Crippen molar-refractivity contribution in [3.8, 4) is 11.5 Å². The van der Waals surface area contributed by atoms with Crippen LogP contribution in [0.15, 0.2) is 109 Å². The third kappa shape index (κ3) is 6.96. The molecule has 1 aliphatic heterocycles. The number of aliphatic hydroxyl groups excluding tert-OH is 1. The van der Waals surface area contributed by atoms with E-state index >= 15 is 0 Å². The van der Waals surface area contributed by atoms with Gasteiger partial charge in [-0.25, -0.2) is 0 Å². The fourth-order valence-electron chi connectivity index (χ4n) is 5.05. The van der Waals surface area contributed by atoms with Crippen molar-refractivity contribution in [2.45, 2.75) is 26.2 Å². The number of likely N-dealkylation sites (N-methyl/N-ethyl adjacent to an activating group) is 1. The van der Waals surface area contributed by atoms with Crippen LogP contribution in [0.1, 0.15) is 33.9 Å². The lowest BCUT2D eigenvalue weighted by Gasteiger charge is -2.26. The Morgan fingerprint density at radius 3 is 2.05 bits per heavy atom. The maximum atomic E-state index is 13.4. The highest BCUT2D eigenvalue weighted by Crippen LogP contribution is 2.40. The van der Waals surface area contributed by atoms with Crippen LogP contribution in [0.2, 0.25) is 0 Å². The molecular formula is C36H36N2O5. The van der Waals surface area contributed by atoms with Crippen LogP contribution in [0, 0.1) is 6.92 Å². The number of hydrogen-bond acceptors (Lipinski definition) is 6. The van der Waals surface area contributed by atoms with Gasteiger partial charge in [0.2, 0.25) is 0 Å². The number of aryl methyl sites for hydroxylation is 1. The average Bonchev–Trinajstić information content (AvgIpc) is 3.28. The second-order valence-corrected chi connectivity index (χ2v) is 10.9. The van der Waals surface area contributed by atoms with Gasteiger partial charge in [-0.2, -0.15) is 0 Å². The summed E-state index contributed by atoms with van der Waals surface area (Å²) in [5.74, 6) is -0.250. The summed E-state index contributed by atoms with van der Waals surface area (Å²) in [6, 6.07) is 31.4. The third-order valence-corrected chi connectivity index (χ3v) is 7.56. The molecule has 43 heavy (non-hydrogen) atoms. The second kappa shape index (κ2) is 13.4. The van der Waals surface area contributed by atoms with Crippen molar-refractivity contribution in [3.63, 3.8) is 0 Å². The number of carbonyl (C=O) groups excluding carboxylic acids is 2. The molecule has 220 valence electrons. The Morgan fingerprint density at radius 2 is 1.40 bits per heavy atom. The topological polar surface area (TPSA) is 79.3 Å². The molecule has 0 aromatic heterocycles. The van der Waals surface area contributed by atoms with Crippen LogP contribution in [-0.4, -0.2) is 53.8 Å².